The molecule has 2 nitrogen and oxygen atoms in total. The van der Waals surface area contributed by atoms with E-state index in [9.17, 15) is 30.7 Å². The molecule has 0 heterocycles. The van der Waals surface area contributed by atoms with Crippen molar-refractivity contribution in [2.24, 2.45) is 17.8 Å². The second kappa shape index (κ2) is 11.6. The predicted molar refractivity (Wildman–Crippen MR) is 129 cm³/mol. The van der Waals surface area contributed by atoms with Gasteiger partial charge in [0.25, 0.3) is 0 Å². The molecule has 2 aliphatic rings. The van der Waals surface area contributed by atoms with Crippen LogP contribution in [0.15, 0.2) is 48.6 Å². The van der Waals surface area contributed by atoms with Crippen molar-refractivity contribution in [1.82, 2.24) is 0 Å². The van der Waals surface area contributed by atoms with E-state index in [0.29, 0.717) is 30.9 Å². The molecular weight excluding hydrogens is 513 g/mol. The lowest BCUT2D eigenvalue weighted by Gasteiger charge is -2.33. The minimum absolute atomic E-state index is 0.140. The Morgan fingerprint density at radius 2 is 1.32 bits per heavy atom. The van der Waals surface area contributed by atoms with E-state index in [1.807, 2.05) is 19.1 Å². The van der Waals surface area contributed by atoms with Gasteiger partial charge in [0, 0.05) is 6.07 Å². The third-order valence-electron chi connectivity index (χ3n) is 7.65. The number of benzene rings is 2. The van der Waals surface area contributed by atoms with Gasteiger partial charge in [-0.05, 0) is 105 Å². The van der Waals surface area contributed by atoms with Gasteiger partial charge in [-0.3, -0.25) is 0 Å². The van der Waals surface area contributed by atoms with Crippen LogP contribution in [-0.2, 0) is 0 Å². The SMILES string of the molecule is Cc1ccc(C2CCC(/C=C/C3CCC(C(F)(F)Oc4ccc(OC(F)(F)F)c(F)c4)CC3)CC2)c(F)c1. The van der Waals surface area contributed by atoms with Crippen LogP contribution < -0.4 is 9.47 Å². The average Bonchev–Trinajstić information content (AvgIpc) is 2.84. The third-order valence-corrected chi connectivity index (χ3v) is 7.65. The molecule has 38 heavy (non-hydrogen) atoms. The highest BCUT2D eigenvalue weighted by Crippen LogP contribution is 2.42. The fourth-order valence-corrected chi connectivity index (χ4v) is 5.54. The number of rotatable bonds is 7. The Bertz CT molecular complexity index is 1110. The summed E-state index contributed by atoms with van der Waals surface area (Å²) >= 11 is 0. The van der Waals surface area contributed by atoms with Crippen LogP contribution in [0.2, 0.25) is 0 Å². The van der Waals surface area contributed by atoms with Crippen LogP contribution in [-0.4, -0.2) is 12.5 Å². The molecule has 0 atom stereocenters. The fourth-order valence-electron chi connectivity index (χ4n) is 5.54. The third kappa shape index (κ3) is 7.44. The van der Waals surface area contributed by atoms with E-state index in [-0.39, 0.29) is 30.5 Å². The van der Waals surface area contributed by atoms with Gasteiger partial charge in [-0.2, -0.15) is 8.78 Å². The first-order chi connectivity index (χ1) is 17.9. The summed E-state index contributed by atoms with van der Waals surface area (Å²) in [7, 11) is 0. The molecule has 0 radical (unpaired) electrons. The largest absolute Gasteiger partial charge is 0.573 e. The summed E-state index contributed by atoms with van der Waals surface area (Å²) in [6.45, 7) is 1.87. The molecule has 2 aromatic carbocycles. The maximum Gasteiger partial charge on any atom is 0.573 e. The molecule has 2 fully saturated rings. The van der Waals surface area contributed by atoms with Gasteiger partial charge in [0.15, 0.2) is 11.6 Å². The number of ether oxygens (including phenoxy) is 2. The van der Waals surface area contributed by atoms with E-state index in [4.69, 9.17) is 4.74 Å². The van der Waals surface area contributed by atoms with Gasteiger partial charge in [-0.1, -0.05) is 24.3 Å². The molecule has 2 aliphatic carbocycles. The van der Waals surface area contributed by atoms with Gasteiger partial charge in [-0.25, -0.2) is 8.78 Å². The average molecular weight is 545 g/mol. The number of allylic oxidation sites excluding steroid dienone is 2. The van der Waals surface area contributed by atoms with Gasteiger partial charge in [-0.15, -0.1) is 13.2 Å². The molecule has 0 spiro atoms. The molecule has 0 saturated heterocycles. The Labute approximate surface area is 217 Å². The Balaban J connectivity index is 1.24. The van der Waals surface area contributed by atoms with Gasteiger partial charge >= 0.3 is 12.5 Å². The summed E-state index contributed by atoms with van der Waals surface area (Å²) in [5.41, 5.74) is 1.69. The van der Waals surface area contributed by atoms with Crippen LogP contribution in [0, 0.1) is 36.3 Å². The first kappa shape index (κ1) is 28.3. The minimum atomic E-state index is -5.10. The first-order valence-corrected chi connectivity index (χ1v) is 13.0. The quantitative estimate of drug-likeness (QED) is 0.255. The van der Waals surface area contributed by atoms with Crippen LogP contribution in [0.3, 0.4) is 0 Å². The maximum atomic E-state index is 14.7. The zero-order chi connectivity index (χ0) is 27.5. The van der Waals surface area contributed by atoms with Crippen LogP contribution in [0.25, 0.3) is 0 Å². The highest BCUT2D eigenvalue weighted by molar-refractivity contribution is 5.33. The summed E-state index contributed by atoms with van der Waals surface area (Å²) in [6.07, 6.45) is 0.863. The number of hydrogen-bond donors (Lipinski definition) is 0. The summed E-state index contributed by atoms with van der Waals surface area (Å²) in [5, 5.41) is 0. The summed E-state index contributed by atoms with van der Waals surface area (Å²) < 4.78 is 103. The standard InChI is InChI=1S/C29H31F7O2/c1-18-2-14-24(25(30)16-18)21-9-5-19(6-10-21)3-4-20-7-11-22(12-8-20)28(32,33)37-23-13-15-27(26(31)17-23)38-29(34,35)36/h2-4,13-17,19-22H,5-12H2,1H3/b4-3+. The lowest BCUT2D eigenvalue weighted by atomic mass is 9.77. The monoisotopic (exact) mass is 544 g/mol. The molecule has 0 aliphatic heterocycles. The van der Waals surface area contributed by atoms with Gasteiger partial charge < -0.3 is 9.47 Å². The summed E-state index contributed by atoms with van der Waals surface area (Å²) in [6, 6.07) is 7.31. The molecule has 0 amide bonds. The normalized spacial score (nSPS) is 24.9. The Morgan fingerprint density at radius 3 is 1.87 bits per heavy atom. The Morgan fingerprint density at radius 1 is 0.711 bits per heavy atom. The first-order valence-electron chi connectivity index (χ1n) is 13.0. The second-order valence-electron chi connectivity index (χ2n) is 10.4. The maximum absolute atomic E-state index is 14.7. The van der Waals surface area contributed by atoms with Crippen molar-refractivity contribution in [3.63, 3.8) is 0 Å². The highest BCUT2D eigenvalue weighted by atomic mass is 19.4. The van der Waals surface area contributed by atoms with Gasteiger partial charge in [0.1, 0.15) is 11.6 Å². The zero-order valence-corrected chi connectivity index (χ0v) is 21.0. The molecule has 0 bridgehead atoms. The van der Waals surface area contributed by atoms with Crippen LogP contribution in [0.1, 0.15) is 68.4 Å². The fraction of sp³-hybridized carbons (Fsp3) is 0.517. The molecule has 0 aromatic heterocycles. The lowest BCUT2D eigenvalue weighted by molar-refractivity contribution is -0.275. The van der Waals surface area contributed by atoms with Gasteiger partial charge in [0.2, 0.25) is 0 Å². The van der Waals surface area contributed by atoms with E-state index >= 15 is 0 Å². The number of halogens is 7. The van der Waals surface area contributed by atoms with E-state index in [1.54, 1.807) is 6.07 Å². The number of aryl methyl sites for hydroxylation is 1. The van der Waals surface area contributed by atoms with Crippen molar-refractivity contribution in [3.05, 3.63) is 71.3 Å². The van der Waals surface area contributed by atoms with Crippen LogP contribution in [0.4, 0.5) is 30.7 Å². The smallest absolute Gasteiger partial charge is 0.432 e. The second-order valence-corrected chi connectivity index (χ2v) is 10.4. The van der Waals surface area contributed by atoms with Crippen molar-refractivity contribution in [2.75, 3.05) is 0 Å². The zero-order valence-electron chi connectivity index (χ0n) is 21.0. The van der Waals surface area contributed by atoms with Crippen molar-refractivity contribution in [2.45, 2.75) is 76.7 Å². The molecule has 208 valence electrons. The Hall–Kier alpha value is -2.71. The molecule has 4 rings (SSSR count). The predicted octanol–water partition coefficient (Wildman–Crippen LogP) is 9.48. The molecule has 2 saturated carbocycles. The van der Waals surface area contributed by atoms with Crippen molar-refractivity contribution in [3.8, 4) is 11.5 Å². The lowest BCUT2D eigenvalue weighted by Crippen LogP contribution is -2.37. The molecule has 0 unspecified atom stereocenters. The molecule has 9 heteroatoms. The number of hydrogen-bond acceptors (Lipinski definition) is 2. The highest BCUT2D eigenvalue weighted by Gasteiger charge is 2.44. The van der Waals surface area contributed by atoms with E-state index in [0.717, 1.165) is 42.9 Å². The van der Waals surface area contributed by atoms with Crippen molar-refractivity contribution in [1.29, 1.82) is 0 Å². The Kier molecular flexibility index (Phi) is 8.62. The topological polar surface area (TPSA) is 18.5 Å². The molecule has 0 N–H and O–H groups in total. The van der Waals surface area contributed by atoms with E-state index in [2.05, 4.69) is 16.9 Å². The van der Waals surface area contributed by atoms with E-state index in [1.165, 1.54) is 0 Å². The summed E-state index contributed by atoms with van der Waals surface area (Å²) in [4.78, 5) is 0. The minimum Gasteiger partial charge on any atom is -0.432 e. The molecule has 2 aromatic rings. The number of alkyl halides is 5. The van der Waals surface area contributed by atoms with Crippen LogP contribution in [0.5, 0.6) is 11.5 Å². The molecular formula is C29H31F7O2. The van der Waals surface area contributed by atoms with Crippen LogP contribution >= 0.6 is 0 Å². The summed E-state index contributed by atoms with van der Waals surface area (Å²) in [5.74, 6) is -3.56. The van der Waals surface area contributed by atoms with Crippen molar-refractivity contribution < 1.29 is 40.2 Å². The van der Waals surface area contributed by atoms with Crippen molar-refractivity contribution >= 4 is 0 Å². The van der Waals surface area contributed by atoms with E-state index < -0.39 is 35.7 Å². The van der Waals surface area contributed by atoms with Gasteiger partial charge in [0.05, 0.1) is 5.92 Å².